The minimum Gasteiger partial charge on any atom is -0.490 e. The number of nitrogens with one attached hydrogen (secondary N) is 2. The maximum Gasteiger partial charge on any atom is 0.264 e. The molecule has 86 heavy (non-hydrogen) atoms. The van der Waals surface area contributed by atoms with E-state index in [2.05, 4.69) is 43.5 Å². The minimum atomic E-state index is -3.96. The molecule has 0 unspecified atom stereocenters. The molecule has 0 saturated heterocycles. The van der Waals surface area contributed by atoms with Gasteiger partial charge in [0.25, 0.3) is 11.8 Å². The lowest BCUT2D eigenvalue weighted by atomic mass is 9.68. The summed E-state index contributed by atoms with van der Waals surface area (Å²) in [5, 5.41) is 21.6. The van der Waals surface area contributed by atoms with Gasteiger partial charge in [-0.25, -0.2) is 26.3 Å². The lowest BCUT2D eigenvalue weighted by Gasteiger charge is -2.46. The van der Waals surface area contributed by atoms with Crippen LogP contribution >= 0.6 is 23.2 Å². The van der Waals surface area contributed by atoms with Crippen molar-refractivity contribution in [3.05, 3.63) is 141 Å². The Labute approximate surface area is 517 Å². The zero-order valence-electron chi connectivity index (χ0n) is 49.6. The van der Waals surface area contributed by atoms with Gasteiger partial charge in [0.05, 0.1) is 48.3 Å². The normalized spacial score (nSPS) is 32.8. The Hall–Kier alpha value is -5.18. The third kappa shape index (κ3) is 13.1. The van der Waals surface area contributed by atoms with E-state index in [9.17, 15) is 36.6 Å². The van der Waals surface area contributed by atoms with Gasteiger partial charge in [-0.15, -0.1) is 0 Å². The number of sulfonamides is 2. The summed E-state index contributed by atoms with van der Waals surface area (Å²) in [6, 6.07) is 22.8. The van der Waals surface area contributed by atoms with E-state index >= 15 is 0 Å². The van der Waals surface area contributed by atoms with Gasteiger partial charge in [-0.05, 0) is 183 Å². The molecule has 4 heterocycles. The topological polar surface area (TPSA) is 210 Å². The van der Waals surface area contributed by atoms with Gasteiger partial charge >= 0.3 is 0 Å². The van der Waals surface area contributed by atoms with Gasteiger partial charge in [0.1, 0.15) is 11.5 Å². The van der Waals surface area contributed by atoms with Crippen LogP contribution in [0.2, 0.25) is 10.0 Å². The Morgan fingerprint density at radius 3 is 1.38 bits per heavy atom. The van der Waals surface area contributed by atoms with Crippen LogP contribution in [0.1, 0.15) is 108 Å². The predicted octanol–water partition coefficient (Wildman–Crippen LogP) is 9.46. The summed E-state index contributed by atoms with van der Waals surface area (Å²) in [4.78, 5) is 31.3. The number of anilines is 2. The Morgan fingerprint density at radius 1 is 0.593 bits per heavy atom. The molecule has 20 heteroatoms. The van der Waals surface area contributed by atoms with E-state index < -0.39 is 43.7 Å². The number of methoxy groups -OCH3 is 2. The van der Waals surface area contributed by atoms with E-state index in [1.165, 1.54) is 22.3 Å². The fraction of sp³-hybridized carbons (Fsp3) is 0.545. The molecule has 12 rings (SSSR count). The van der Waals surface area contributed by atoms with Crippen LogP contribution < -0.4 is 28.7 Å². The average molecular weight is 1260 g/mol. The van der Waals surface area contributed by atoms with Crippen molar-refractivity contribution in [1.82, 2.24) is 9.44 Å². The zero-order valence-corrected chi connectivity index (χ0v) is 52.7. The molecule has 0 aromatic heterocycles. The van der Waals surface area contributed by atoms with Gasteiger partial charge in [-0.1, -0.05) is 73.5 Å². The number of benzene rings is 4. The van der Waals surface area contributed by atoms with Crippen molar-refractivity contribution >= 4 is 66.4 Å². The molecule has 4 aromatic carbocycles. The summed E-state index contributed by atoms with van der Waals surface area (Å²) < 4.78 is 81.7. The van der Waals surface area contributed by atoms with Gasteiger partial charge in [0, 0.05) is 97.5 Å². The lowest BCUT2D eigenvalue weighted by molar-refractivity contribution is 0.0127. The Bertz CT molecular complexity index is 3250. The van der Waals surface area contributed by atoms with Crippen molar-refractivity contribution < 1.29 is 55.6 Å². The van der Waals surface area contributed by atoms with Crippen molar-refractivity contribution in [2.45, 2.75) is 101 Å². The van der Waals surface area contributed by atoms with E-state index in [-0.39, 0.29) is 82.6 Å². The fourth-order valence-electron chi connectivity index (χ4n) is 15.2. The second kappa shape index (κ2) is 25.7. The molecular weight excluding hydrogens is 1180 g/mol. The summed E-state index contributed by atoms with van der Waals surface area (Å²) >= 11 is 12.8. The van der Waals surface area contributed by atoms with E-state index in [0.29, 0.717) is 49.6 Å². The second-order valence-corrected chi connectivity index (χ2v) is 30.2. The average Bonchev–Trinajstić information content (AvgIpc) is 1.54. The van der Waals surface area contributed by atoms with Crippen LogP contribution in [-0.4, -0.2) is 129 Å². The molecular formula is C66H82Cl2N4O12S2. The van der Waals surface area contributed by atoms with Crippen molar-refractivity contribution in [2.75, 3.05) is 88.1 Å². The second-order valence-electron chi connectivity index (χ2n) is 25.8. The highest BCUT2D eigenvalue weighted by atomic mass is 35.5. The molecule has 4 aliphatic heterocycles. The number of carbonyl (C=O) groups excluding carboxylic acids is 2. The number of amides is 2. The van der Waals surface area contributed by atoms with E-state index in [1.807, 2.05) is 36.4 Å². The molecule has 2 spiro atoms. The highest BCUT2D eigenvalue weighted by Crippen LogP contribution is 2.50. The first kappa shape index (κ1) is 62.4. The van der Waals surface area contributed by atoms with Crippen LogP contribution in [0.25, 0.3) is 0 Å². The van der Waals surface area contributed by atoms with E-state index in [4.69, 9.17) is 42.1 Å². The summed E-state index contributed by atoms with van der Waals surface area (Å²) in [5.74, 6) is -0.866. The maximum atomic E-state index is 13.3. The van der Waals surface area contributed by atoms with Crippen molar-refractivity contribution in [3.63, 3.8) is 0 Å². The fourth-order valence-corrected chi connectivity index (χ4v) is 18.4. The number of halogens is 2. The maximum absolute atomic E-state index is 13.3. The summed E-state index contributed by atoms with van der Waals surface area (Å²) in [6.07, 6.45) is 17.6. The Kier molecular flexibility index (Phi) is 18.7. The molecule has 12 atom stereocenters. The molecule has 2 amide bonds. The standard InChI is InChI=1S/2C33H41ClN2O6S/c2*1-21-18-43(39,40)35-32(38)23-6-12-31-29(15-23)36(16-24-5-9-27(24)30(41-2)11-7-25(21)17-37)19-33(20-42-31)13-3-4-22-14-26(34)8-10-28(22)33/h2*6-8,10-12,14-15,21,24-25,27,30,37H,3-5,9,13,16-20H2,1-2H3,(H,35,38)/b2*11-7+/t21-,24+,25-,27-,30+,33+;21-,24-,25-,27+,30-,33-/m10/s1. The predicted molar refractivity (Wildman–Crippen MR) is 335 cm³/mol. The van der Waals surface area contributed by atoms with Gasteiger partial charge in [0.15, 0.2) is 0 Å². The van der Waals surface area contributed by atoms with Crippen LogP contribution in [0.5, 0.6) is 11.5 Å². The van der Waals surface area contributed by atoms with Crippen LogP contribution in [0, 0.1) is 47.3 Å². The first-order valence-electron chi connectivity index (χ1n) is 30.6. The highest BCUT2D eigenvalue weighted by Gasteiger charge is 2.47. The van der Waals surface area contributed by atoms with Gasteiger partial charge in [0.2, 0.25) is 20.0 Å². The van der Waals surface area contributed by atoms with Crippen LogP contribution in [-0.2, 0) is 53.2 Å². The number of fused-ring (bicyclic) bond motifs is 8. The van der Waals surface area contributed by atoms with Crippen molar-refractivity contribution in [3.8, 4) is 11.5 Å². The number of aliphatic hydroxyl groups is 2. The molecule has 16 nitrogen and oxygen atoms in total. The van der Waals surface area contributed by atoms with E-state index in [1.54, 1.807) is 64.5 Å². The molecule has 464 valence electrons. The largest absolute Gasteiger partial charge is 0.490 e. The molecule has 8 aliphatic rings. The first-order valence-corrected chi connectivity index (χ1v) is 34.6. The lowest BCUT2D eigenvalue weighted by Crippen LogP contribution is -2.49. The molecule has 4 N–H and O–H groups in total. The molecule has 0 radical (unpaired) electrons. The number of nitrogens with zero attached hydrogens (tertiary/aromatic N) is 2. The summed E-state index contributed by atoms with van der Waals surface area (Å²) in [7, 11) is -4.50. The molecule has 2 saturated carbocycles. The number of aliphatic hydroxyl groups excluding tert-OH is 2. The summed E-state index contributed by atoms with van der Waals surface area (Å²) in [6.45, 7) is 7.08. The van der Waals surface area contributed by atoms with Crippen LogP contribution in [0.15, 0.2) is 97.1 Å². The van der Waals surface area contributed by atoms with Crippen molar-refractivity contribution in [1.29, 1.82) is 0 Å². The monoisotopic (exact) mass is 1260 g/mol. The van der Waals surface area contributed by atoms with Crippen molar-refractivity contribution in [2.24, 2.45) is 47.3 Å². The van der Waals surface area contributed by atoms with Gasteiger partial charge < -0.3 is 39.0 Å². The molecule has 4 aliphatic carbocycles. The van der Waals surface area contributed by atoms with Crippen LogP contribution in [0.3, 0.4) is 0 Å². The third-order valence-electron chi connectivity index (χ3n) is 20.3. The smallest absolute Gasteiger partial charge is 0.264 e. The number of aryl methyl sites for hydroxylation is 2. The van der Waals surface area contributed by atoms with Gasteiger partial charge in [-0.2, -0.15) is 0 Å². The van der Waals surface area contributed by atoms with Gasteiger partial charge in [-0.3, -0.25) is 9.59 Å². The number of ether oxygens (including phenoxy) is 4. The zero-order chi connectivity index (χ0) is 60.7. The molecule has 2 fully saturated rings. The summed E-state index contributed by atoms with van der Waals surface area (Å²) in [5.41, 5.74) is 6.67. The number of carbonyl (C=O) groups is 2. The third-order valence-corrected chi connectivity index (χ3v) is 23.7. The minimum absolute atomic E-state index is 0.148. The first-order chi connectivity index (χ1) is 41.2. The number of rotatable bonds is 4. The Morgan fingerprint density at radius 2 is 1.01 bits per heavy atom. The van der Waals surface area contributed by atoms with Crippen LogP contribution in [0.4, 0.5) is 11.4 Å². The van der Waals surface area contributed by atoms with E-state index in [0.717, 1.165) is 98.7 Å². The number of hydrogen-bond donors (Lipinski definition) is 4. The SMILES string of the molecule is CO[C@H]1/C=C/[C@@H](CO)[C@@H](C)CS(=O)(=O)NC(=O)c2ccc3c(c2)N(C[C@@H]2CC[C@H]21)C[C@@]1(CCCc2cc(Cl)ccc21)CO3.CO[C@H]1/C=C/[C@H](CO)[C@H](C)CS(=O)(=O)NC(=O)c2ccc3c(c2)N(C[C@@H]2CC[C@H]21)C[C@@]1(CCCc2cc(Cl)ccc21)CO3. The molecule has 4 bridgehead atoms. The highest BCUT2D eigenvalue weighted by molar-refractivity contribution is 7.90. The Balaban J connectivity index is 0.000000179. The quantitative estimate of drug-likeness (QED) is 0.140. The molecule has 4 aromatic rings. The number of hydrogen-bond acceptors (Lipinski definition) is 14.